The lowest BCUT2D eigenvalue weighted by Crippen LogP contribution is -2.27. The highest BCUT2D eigenvalue weighted by molar-refractivity contribution is 9.10. The summed E-state index contributed by atoms with van der Waals surface area (Å²) in [5.74, 6) is -0.112. The van der Waals surface area contributed by atoms with E-state index >= 15 is 0 Å². The number of benzene rings is 1. The van der Waals surface area contributed by atoms with E-state index in [0.29, 0.717) is 0 Å². The van der Waals surface area contributed by atoms with Crippen LogP contribution in [0.5, 0.6) is 0 Å². The third-order valence-corrected chi connectivity index (χ3v) is 3.35. The molecule has 1 nitrogen and oxygen atoms in total. The van der Waals surface area contributed by atoms with Crippen molar-refractivity contribution in [3.05, 3.63) is 34.1 Å². The standard InChI is InChI=1S/C11H13BrFN/c12-8-4-3-5-9(13)11(8)10-6-1-2-7-14-10/h3-5,10,14H,1-2,6-7H2/t10-/m0/s1. The molecule has 0 unspecified atom stereocenters. The lowest BCUT2D eigenvalue weighted by Gasteiger charge is -2.25. The van der Waals surface area contributed by atoms with E-state index in [1.165, 1.54) is 18.9 Å². The molecule has 1 aromatic carbocycles. The third-order valence-electron chi connectivity index (χ3n) is 2.66. The minimum absolute atomic E-state index is 0.112. The highest BCUT2D eigenvalue weighted by Crippen LogP contribution is 2.30. The fourth-order valence-corrected chi connectivity index (χ4v) is 2.56. The van der Waals surface area contributed by atoms with Gasteiger partial charge in [0.05, 0.1) is 0 Å². The first-order valence-corrected chi connectivity index (χ1v) is 5.75. The number of nitrogens with one attached hydrogen (secondary N) is 1. The van der Waals surface area contributed by atoms with Crippen LogP contribution in [0.25, 0.3) is 0 Å². The van der Waals surface area contributed by atoms with Gasteiger partial charge in [-0.3, -0.25) is 0 Å². The SMILES string of the molecule is Fc1cccc(Br)c1[C@@H]1CCCCN1. The largest absolute Gasteiger partial charge is 0.310 e. The van der Waals surface area contributed by atoms with Crippen LogP contribution in [0, 0.1) is 5.82 Å². The molecule has 1 atom stereocenters. The van der Waals surface area contributed by atoms with E-state index < -0.39 is 0 Å². The van der Waals surface area contributed by atoms with Gasteiger partial charge in [0.25, 0.3) is 0 Å². The third kappa shape index (κ3) is 1.98. The molecule has 1 fully saturated rings. The summed E-state index contributed by atoms with van der Waals surface area (Å²) in [5, 5.41) is 3.35. The Bertz CT molecular complexity index is 301. The average Bonchev–Trinajstić information content (AvgIpc) is 2.19. The maximum Gasteiger partial charge on any atom is 0.129 e. The van der Waals surface area contributed by atoms with E-state index in [1.807, 2.05) is 6.07 Å². The zero-order valence-corrected chi connectivity index (χ0v) is 9.48. The minimum Gasteiger partial charge on any atom is -0.310 e. The highest BCUT2D eigenvalue weighted by atomic mass is 79.9. The Hall–Kier alpha value is -0.410. The molecule has 1 heterocycles. The van der Waals surface area contributed by atoms with Crippen LogP contribution in [0.15, 0.2) is 22.7 Å². The minimum atomic E-state index is -0.112. The number of rotatable bonds is 1. The summed E-state index contributed by atoms with van der Waals surface area (Å²) < 4.78 is 14.4. The van der Waals surface area contributed by atoms with E-state index in [2.05, 4.69) is 21.2 Å². The van der Waals surface area contributed by atoms with Crippen LogP contribution in [0.3, 0.4) is 0 Å². The topological polar surface area (TPSA) is 12.0 Å². The van der Waals surface area contributed by atoms with Crippen molar-refractivity contribution in [1.29, 1.82) is 0 Å². The lowest BCUT2D eigenvalue weighted by atomic mass is 9.97. The molecule has 76 valence electrons. The van der Waals surface area contributed by atoms with Crippen molar-refractivity contribution in [2.75, 3.05) is 6.54 Å². The van der Waals surface area contributed by atoms with Crippen LogP contribution in [-0.2, 0) is 0 Å². The summed E-state index contributed by atoms with van der Waals surface area (Å²) in [4.78, 5) is 0. The van der Waals surface area contributed by atoms with Crippen LogP contribution in [0.1, 0.15) is 30.9 Å². The van der Waals surface area contributed by atoms with Gasteiger partial charge in [0.15, 0.2) is 0 Å². The number of hydrogen-bond acceptors (Lipinski definition) is 1. The van der Waals surface area contributed by atoms with Crippen molar-refractivity contribution in [2.24, 2.45) is 0 Å². The van der Waals surface area contributed by atoms with E-state index in [9.17, 15) is 4.39 Å². The normalized spacial score (nSPS) is 22.3. The maximum atomic E-state index is 13.6. The molecule has 1 aromatic rings. The summed E-state index contributed by atoms with van der Waals surface area (Å²) in [6.07, 6.45) is 3.40. The van der Waals surface area contributed by atoms with E-state index in [0.717, 1.165) is 23.0 Å². The Kier molecular flexibility index (Phi) is 3.19. The number of piperidine rings is 1. The van der Waals surface area contributed by atoms with Gasteiger partial charge in [-0.1, -0.05) is 28.4 Å². The Balaban J connectivity index is 2.29. The molecule has 0 aromatic heterocycles. The van der Waals surface area contributed by atoms with Crippen molar-refractivity contribution >= 4 is 15.9 Å². The van der Waals surface area contributed by atoms with Crippen LogP contribution in [0.4, 0.5) is 4.39 Å². The molecule has 1 N–H and O–H groups in total. The highest BCUT2D eigenvalue weighted by Gasteiger charge is 2.20. The zero-order chi connectivity index (χ0) is 9.97. The summed E-state index contributed by atoms with van der Waals surface area (Å²) >= 11 is 3.40. The van der Waals surface area contributed by atoms with Gasteiger partial charge in [-0.05, 0) is 31.5 Å². The molecular weight excluding hydrogens is 245 g/mol. The first kappa shape index (κ1) is 10.1. The van der Waals surface area contributed by atoms with Crippen molar-refractivity contribution in [2.45, 2.75) is 25.3 Å². The molecule has 0 radical (unpaired) electrons. The molecule has 0 amide bonds. The molecule has 14 heavy (non-hydrogen) atoms. The van der Waals surface area contributed by atoms with E-state index in [-0.39, 0.29) is 11.9 Å². The van der Waals surface area contributed by atoms with E-state index in [4.69, 9.17) is 0 Å². The maximum absolute atomic E-state index is 13.6. The summed E-state index contributed by atoms with van der Waals surface area (Å²) in [5.41, 5.74) is 0.784. The van der Waals surface area contributed by atoms with Crippen molar-refractivity contribution < 1.29 is 4.39 Å². The summed E-state index contributed by atoms with van der Waals surface area (Å²) in [6.45, 7) is 0.992. The average molecular weight is 258 g/mol. The predicted octanol–water partition coefficient (Wildman–Crippen LogP) is 3.40. The first-order chi connectivity index (χ1) is 6.79. The van der Waals surface area contributed by atoms with Gasteiger partial charge < -0.3 is 5.32 Å². The fraction of sp³-hybridized carbons (Fsp3) is 0.455. The molecule has 2 rings (SSSR count). The molecule has 0 saturated carbocycles. The Labute approximate surface area is 91.8 Å². The van der Waals surface area contributed by atoms with Crippen LogP contribution in [0.2, 0.25) is 0 Å². The van der Waals surface area contributed by atoms with Gasteiger partial charge in [-0.2, -0.15) is 0 Å². The molecule has 3 heteroatoms. The second-order valence-corrected chi connectivity index (χ2v) is 4.49. The summed E-state index contributed by atoms with van der Waals surface area (Å²) in [7, 11) is 0. The zero-order valence-electron chi connectivity index (χ0n) is 7.89. The molecule has 1 aliphatic rings. The Morgan fingerprint density at radius 2 is 2.21 bits per heavy atom. The number of halogens is 2. The van der Waals surface area contributed by atoms with Gasteiger partial charge in [0.1, 0.15) is 5.82 Å². The van der Waals surface area contributed by atoms with Crippen molar-refractivity contribution in [3.8, 4) is 0 Å². The van der Waals surface area contributed by atoms with Gasteiger partial charge in [0.2, 0.25) is 0 Å². The monoisotopic (exact) mass is 257 g/mol. The molecule has 1 aliphatic heterocycles. The molecule has 0 aliphatic carbocycles. The second-order valence-electron chi connectivity index (χ2n) is 3.64. The van der Waals surface area contributed by atoms with Crippen LogP contribution in [-0.4, -0.2) is 6.54 Å². The van der Waals surface area contributed by atoms with Gasteiger partial charge in [0, 0.05) is 16.1 Å². The van der Waals surface area contributed by atoms with Gasteiger partial charge >= 0.3 is 0 Å². The van der Waals surface area contributed by atoms with Crippen LogP contribution < -0.4 is 5.32 Å². The Morgan fingerprint density at radius 3 is 2.86 bits per heavy atom. The quantitative estimate of drug-likeness (QED) is 0.814. The summed E-state index contributed by atoms with van der Waals surface area (Å²) in [6, 6.07) is 5.33. The van der Waals surface area contributed by atoms with Crippen molar-refractivity contribution in [3.63, 3.8) is 0 Å². The van der Waals surface area contributed by atoms with Crippen LogP contribution >= 0.6 is 15.9 Å². The van der Waals surface area contributed by atoms with E-state index in [1.54, 1.807) is 6.07 Å². The van der Waals surface area contributed by atoms with Gasteiger partial charge in [-0.25, -0.2) is 4.39 Å². The Morgan fingerprint density at radius 1 is 1.36 bits per heavy atom. The second kappa shape index (κ2) is 4.41. The first-order valence-electron chi connectivity index (χ1n) is 4.96. The predicted molar refractivity (Wildman–Crippen MR) is 58.7 cm³/mol. The number of hydrogen-bond donors (Lipinski definition) is 1. The molecular formula is C11H13BrFN. The van der Waals surface area contributed by atoms with Gasteiger partial charge in [-0.15, -0.1) is 0 Å². The molecule has 0 spiro atoms. The lowest BCUT2D eigenvalue weighted by molar-refractivity contribution is 0.398. The fourth-order valence-electron chi connectivity index (χ4n) is 1.94. The molecule has 0 bridgehead atoms. The van der Waals surface area contributed by atoms with Crippen molar-refractivity contribution in [1.82, 2.24) is 5.32 Å². The smallest absolute Gasteiger partial charge is 0.129 e. The molecule has 1 saturated heterocycles.